The number of hydrogen-bond donors (Lipinski definition) is 3. The van der Waals surface area contributed by atoms with Crippen LogP contribution in [0.5, 0.6) is 0 Å². The zero-order chi connectivity index (χ0) is 35.0. The molecular weight excluding hydrogens is 590 g/mol. The molecule has 0 spiro atoms. The van der Waals surface area contributed by atoms with Crippen molar-refractivity contribution >= 4 is 5.91 Å². The molecule has 282 valence electrons. The van der Waals surface area contributed by atoms with Gasteiger partial charge in [-0.3, -0.25) is 4.79 Å². The van der Waals surface area contributed by atoms with Gasteiger partial charge in [0.1, 0.15) is 0 Å². The third kappa shape index (κ3) is 35.9. The van der Waals surface area contributed by atoms with Crippen molar-refractivity contribution in [1.82, 2.24) is 5.32 Å². The number of rotatable bonds is 38. The fourth-order valence-electron chi connectivity index (χ4n) is 6.33. The van der Waals surface area contributed by atoms with E-state index in [1.54, 1.807) is 6.08 Å². The van der Waals surface area contributed by atoms with Gasteiger partial charge in [-0.1, -0.05) is 204 Å². The zero-order valence-electron chi connectivity index (χ0n) is 32.3. The molecule has 1 amide bonds. The largest absolute Gasteiger partial charge is 0.394 e. The molecule has 0 aliphatic rings. The van der Waals surface area contributed by atoms with Gasteiger partial charge in [0, 0.05) is 6.42 Å². The van der Waals surface area contributed by atoms with Crippen molar-refractivity contribution in [3.8, 4) is 0 Å². The molecule has 0 aromatic rings. The maximum atomic E-state index is 12.4. The van der Waals surface area contributed by atoms with E-state index in [0.717, 1.165) is 38.5 Å². The summed E-state index contributed by atoms with van der Waals surface area (Å²) in [7, 11) is 0. The minimum atomic E-state index is -0.866. The van der Waals surface area contributed by atoms with Crippen LogP contribution in [0.2, 0.25) is 0 Å². The Morgan fingerprint density at radius 1 is 0.479 bits per heavy atom. The highest BCUT2D eigenvalue weighted by atomic mass is 16.3. The van der Waals surface area contributed by atoms with Gasteiger partial charge in [-0.05, 0) is 44.9 Å². The highest BCUT2D eigenvalue weighted by molar-refractivity contribution is 5.76. The lowest BCUT2D eigenvalue weighted by molar-refractivity contribution is -0.123. The number of amides is 1. The van der Waals surface area contributed by atoms with Gasteiger partial charge in [0.15, 0.2) is 0 Å². The number of nitrogens with one attached hydrogen (secondary N) is 1. The van der Waals surface area contributed by atoms with Crippen LogP contribution in [-0.2, 0) is 4.79 Å². The third-order valence-corrected chi connectivity index (χ3v) is 9.60. The van der Waals surface area contributed by atoms with E-state index in [1.165, 1.54) is 161 Å². The van der Waals surface area contributed by atoms with E-state index in [2.05, 4.69) is 43.5 Å². The molecule has 0 saturated heterocycles. The first kappa shape index (κ1) is 46.6. The lowest BCUT2D eigenvalue weighted by Crippen LogP contribution is -2.45. The Morgan fingerprint density at radius 2 is 0.812 bits per heavy atom. The predicted octanol–water partition coefficient (Wildman–Crippen LogP) is 13.0. The summed E-state index contributed by atoms with van der Waals surface area (Å²) in [6.07, 6.45) is 52.4. The minimum Gasteiger partial charge on any atom is -0.394 e. The average Bonchev–Trinajstić information content (AvgIpc) is 3.09. The highest BCUT2D eigenvalue weighted by Gasteiger charge is 2.17. The molecule has 0 radical (unpaired) electrons. The molecule has 48 heavy (non-hydrogen) atoms. The van der Waals surface area contributed by atoms with E-state index in [1.807, 2.05) is 6.08 Å². The first-order valence-electron chi connectivity index (χ1n) is 21.2. The fraction of sp³-hybridized carbons (Fsp3) is 0.841. The lowest BCUT2D eigenvalue weighted by atomic mass is 10.0. The van der Waals surface area contributed by atoms with Crippen LogP contribution in [-0.4, -0.2) is 34.9 Å². The Kier molecular flexibility index (Phi) is 38.9. The van der Waals surface area contributed by atoms with Crippen LogP contribution in [0.15, 0.2) is 36.5 Å². The van der Waals surface area contributed by atoms with E-state index in [0.29, 0.717) is 6.42 Å². The minimum absolute atomic E-state index is 0.0761. The van der Waals surface area contributed by atoms with Crippen LogP contribution in [0.3, 0.4) is 0 Å². The quantitative estimate of drug-likeness (QED) is 0.0451. The summed E-state index contributed by atoms with van der Waals surface area (Å²) in [5, 5.41) is 22.9. The van der Waals surface area contributed by atoms with Gasteiger partial charge in [-0.15, -0.1) is 0 Å². The molecule has 0 aliphatic heterocycles. The van der Waals surface area contributed by atoms with Gasteiger partial charge in [0.2, 0.25) is 5.91 Å². The highest BCUT2D eigenvalue weighted by Crippen LogP contribution is 2.15. The van der Waals surface area contributed by atoms with E-state index in [9.17, 15) is 15.0 Å². The molecule has 4 heteroatoms. The summed E-state index contributed by atoms with van der Waals surface area (Å²) in [4.78, 5) is 12.4. The number of hydrogen-bond acceptors (Lipinski definition) is 3. The van der Waals surface area contributed by atoms with Crippen LogP contribution in [0, 0.1) is 0 Å². The number of aliphatic hydroxyl groups is 2. The summed E-state index contributed by atoms with van der Waals surface area (Å²) in [6.45, 7) is 4.29. The molecular formula is C44H83NO3. The van der Waals surface area contributed by atoms with Crippen molar-refractivity contribution in [2.75, 3.05) is 6.61 Å². The maximum absolute atomic E-state index is 12.4. The number of unbranched alkanes of at least 4 members (excludes halogenated alkanes) is 27. The number of allylic oxidation sites excluding steroid dienone is 5. The second-order valence-electron chi connectivity index (χ2n) is 14.4. The van der Waals surface area contributed by atoms with Crippen molar-refractivity contribution in [1.29, 1.82) is 0 Å². The Labute approximate surface area is 300 Å². The fourth-order valence-corrected chi connectivity index (χ4v) is 6.33. The molecule has 0 saturated carbocycles. The molecule has 0 aromatic carbocycles. The SMILES string of the molecule is CCCCCCCCC/C=C/CC/C=C/CC/C=C/C(O)C(CO)NC(=O)CCCCCCCCCCCCCCCCCCCCC. The van der Waals surface area contributed by atoms with Crippen LogP contribution in [0.1, 0.15) is 219 Å². The van der Waals surface area contributed by atoms with Crippen molar-refractivity contribution in [2.45, 2.75) is 231 Å². The molecule has 0 fully saturated rings. The van der Waals surface area contributed by atoms with Crippen LogP contribution in [0.25, 0.3) is 0 Å². The van der Waals surface area contributed by atoms with Gasteiger partial charge in [-0.25, -0.2) is 0 Å². The summed E-state index contributed by atoms with van der Waals surface area (Å²) in [5.41, 5.74) is 0. The van der Waals surface area contributed by atoms with Crippen LogP contribution >= 0.6 is 0 Å². The lowest BCUT2D eigenvalue weighted by Gasteiger charge is -2.19. The standard InChI is InChI=1S/C44H83NO3/c1-3-5-7-9-11-13-15-17-19-21-22-24-26-28-30-32-34-36-38-40-44(48)45-42(41-46)43(47)39-37-35-33-31-29-27-25-23-20-18-16-14-12-10-8-6-4-2/h20,23,29,31,37,39,42-43,46-47H,3-19,21-22,24-28,30,32-36,38,40-41H2,1-2H3,(H,45,48)/b23-20+,31-29+,39-37+. The topological polar surface area (TPSA) is 69.6 Å². The Bertz CT molecular complexity index is 731. The Morgan fingerprint density at radius 3 is 1.21 bits per heavy atom. The maximum Gasteiger partial charge on any atom is 0.220 e. The molecule has 0 heterocycles. The smallest absolute Gasteiger partial charge is 0.220 e. The van der Waals surface area contributed by atoms with Gasteiger partial charge in [0.05, 0.1) is 18.8 Å². The van der Waals surface area contributed by atoms with Gasteiger partial charge < -0.3 is 15.5 Å². The van der Waals surface area contributed by atoms with E-state index < -0.39 is 12.1 Å². The average molecular weight is 674 g/mol. The van der Waals surface area contributed by atoms with E-state index in [4.69, 9.17) is 0 Å². The monoisotopic (exact) mass is 674 g/mol. The molecule has 0 aromatic heterocycles. The van der Waals surface area contributed by atoms with Crippen LogP contribution < -0.4 is 5.32 Å². The Balaban J connectivity index is 3.62. The normalized spacial score (nSPS) is 13.3. The first-order chi connectivity index (χ1) is 23.7. The molecule has 0 bridgehead atoms. The van der Waals surface area contributed by atoms with E-state index >= 15 is 0 Å². The second kappa shape index (κ2) is 40.0. The summed E-state index contributed by atoms with van der Waals surface area (Å²) >= 11 is 0. The van der Waals surface area contributed by atoms with Crippen molar-refractivity contribution in [3.05, 3.63) is 36.5 Å². The van der Waals surface area contributed by atoms with Crippen molar-refractivity contribution in [2.24, 2.45) is 0 Å². The number of carbonyl (C=O) groups is 1. The number of carbonyl (C=O) groups excluding carboxylic acids is 1. The van der Waals surface area contributed by atoms with Crippen molar-refractivity contribution < 1.29 is 15.0 Å². The molecule has 0 aliphatic carbocycles. The first-order valence-corrected chi connectivity index (χ1v) is 21.2. The third-order valence-electron chi connectivity index (χ3n) is 9.60. The Hall–Kier alpha value is -1.39. The molecule has 2 unspecified atom stereocenters. The van der Waals surface area contributed by atoms with Gasteiger partial charge >= 0.3 is 0 Å². The van der Waals surface area contributed by atoms with Gasteiger partial charge in [-0.2, -0.15) is 0 Å². The summed E-state index contributed by atoms with van der Waals surface area (Å²) in [6, 6.07) is -0.641. The summed E-state index contributed by atoms with van der Waals surface area (Å²) in [5.74, 6) is -0.0761. The van der Waals surface area contributed by atoms with Crippen molar-refractivity contribution in [3.63, 3.8) is 0 Å². The van der Waals surface area contributed by atoms with Gasteiger partial charge in [0.25, 0.3) is 0 Å². The van der Waals surface area contributed by atoms with Crippen LogP contribution in [0.4, 0.5) is 0 Å². The number of aliphatic hydroxyl groups excluding tert-OH is 2. The molecule has 3 N–H and O–H groups in total. The molecule has 2 atom stereocenters. The molecule has 4 nitrogen and oxygen atoms in total. The predicted molar refractivity (Wildman–Crippen MR) is 212 cm³/mol. The second-order valence-corrected chi connectivity index (χ2v) is 14.4. The molecule has 0 rings (SSSR count). The zero-order valence-corrected chi connectivity index (χ0v) is 32.3. The summed E-state index contributed by atoms with van der Waals surface area (Å²) < 4.78 is 0. The van der Waals surface area contributed by atoms with E-state index in [-0.39, 0.29) is 12.5 Å².